The molecule has 0 saturated heterocycles. The molecule has 0 aliphatic rings. The zero-order valence-corrected chi connectivity index (χ0v) is 14.1. The smallest absolute Gasteiger partial charge is 0.339 e. The Balaban J connectivity index is 1.93. The van der Waals surface area contributed by atoms with Gasteiger partial charge in [-0.1, -0.05) is 23.9 Å². The first kappa shape index (κ1) is 19.4. The van der Waals surface area contributed by atoms with E-state index in [9.17, 15) is 23.2 Å². The van der Waals surface area contributed by atoms with Gasteiger partial charge in [0.05, 0.1) is 5.56 Å². The van der Waals surface area contributed by atoms with Crippen LogP contribution >= 0.6 is 11.8 Å². The molecule has 3 N–H and O–H groups in total. The lowest BCUT2D eigenvalue weighted by atomic mass is 10.2. The van der Waals surface area contributed by atoms with Gasteiger partial charge in [0.15, 0.2) is 6.61 Å². The van der Waals surface area contributed by atoms with Crippen LogP contribution in [0.5, 0.6) is 0 Å². The molecule has 6 nitrogen and oxygen atoms in total. The van der Waals surface area contributed by atoms with Gasteiger partial charge in [0.2, 0.25) is 5.91 Å². The van der Waals surface area contributed by atoms with Gasteiger partial charge in [0, 0.05) is 16.1 Å². The summed E-state index contributed by atoms with van der Waals surface area (Å²) >= 11 is 0.221. The fraction of sp³-hybridized carbons (Fsp3) is 0.118. The first-order chi connectivity index (χ1) is 12.4. The Morgan fingerprint density at radius 2 is 1.73 bits per heavy atom. The highest BCUT2D eigenvalue weighted by atomic mass is 32.2. The number of thioether (sulfide) groups is 1. The van der Waals surface area contributed by atoms with Gasteiger partial charge in [-0.2, -0.15) is 8.78 Å². The Hall–Kier alpha value is -2.94. The van der Waals surface area contributed by atoms with Gasteiger partial charge in [0.25, 0.3) is 11.7 Å². The highest BCUT2D eigenvalue weighted by Crippen LogP contribution is 2.28. The van der Waals surface area contributed by atoms with Crippen molar-refractivity contribution >= 4 is 35.2 Å². The molecule has 0 atom stereocenters. The highest BCUT2D eigenvalue weighted by Gasteiger charge is 2.17. The number of primary amides is 1. The molecule has 0 spiro atoms. The van der Waals surface area contributed by atoms with Crippen LogP contribution in [0, 0.1) is 0 Å². The summed E-state index contributed by atoms with van der Waals surface area (Å²) in [5, 5.41) is 2.47. The fourth-order valence-electron chi connectivity index (χ4n) is 1.96. The average molecular weight is 380 g/mol. The van der Waals surface area contributed by atoms with Crippen molar-refractivity contribution in [2.75, 3.05) is 11.9 Å². The molecule has 2 amide bonds. The molecule has 26 heavy (non-hydrogen) atoms. The second kappa shape index (κ2) is 8.95. The van der Waals surface area contributed by atoms with Crippen LogP contribution in [0.15, 0.2) is 53.4 Å². The van der Waals surface area contributed by atoms with Gasteiger partial charge in [-0.15, -0.1) is 0 Å². The van der Waals surface area contributed by atoms with Crippen LogP contribution in [0.25, 0.3) is 0 Å². The Morgan fingerprint density at radius 1 is 1.08 bits per heavy atom. The minimum Gasteiger partial charge on any atom is -0.452 e. The van der Waals surface area contributed by atoms with E-state index in [1.807, 2.05) is 0 Å². The second-order valence-electron chi connectivity index (χ2n) is 4.94. The summed E-state index contributed by atoms with van der Waals surface area (Å²) in [6, 6.07) is 11.5. The summed E-state index contributed by atoms with van der Waals surface area (Å²) < 4.78 is 29.9. The van der Waals surface area contributed by atoms with Crippen molar-refractivity contribution in [2.24, 2.45) is 5.73 Å². The number of esters is 1. The van der Waals surface area contributed by atoms with E-state index in [1.54, 1.807) is 0 Å². The minimum atomic E-state index is -2.68. The van der Waals surface area contributed by atoms with Gasteiger partial charge in [-0.3, -0.25) is 9.59 Å². The summed E-state index contributed by atoms with van der Waals surface area (Å²) in [6.07, 6.45) is 0. The maximum absolute atomic E-state index is 12.5. The largest absolute Gasteiger partial charge is 0.452 e. The lowest BCUT2D eigenvalue weighted by molar-refractivity contribution is -0.119. The number of carbonyl (C=O) groups is 3. The lowest BCUT2D eigenvalue weighted by Gasteiger charge is -2.09. The summed E-state index contributed by atoms with van der Waals surface area (Å²) in [7, 11) is 0. The quantitative estimate of drug-likeness (QED) is 0.568. The van der Waals surface area contributed by atoms with Crippen LogP contribution in [-0.4, -0.2) is 30.1 Å². The van der Waals surface area contributed by atoms with E-state index in [-0.39, 0.29) is 27.8 Å². The maximum Gasteiger partial charge on any atom is 0.339 e. The van der Waals surface area contributed by atoms with Crippen LogP contribution in [0.3, 0.4) is 0 Å². The molecule has 2 rings (SSSR count). The third-order valence-corrected chi connectivity index (χ3v) is 3.90. The Morgan fingerprint density at radius 3 is 2.35 bits per heavy atom. The number of amides is 2. The SMILES string of the molecule is NC(=O)c1ccc(NC(=O)COC(=O)c2ccccc2SC(F)F)cc1. The summed E-state index contributed by atoms with van der Waals surface area (Å²) in [4.78, 5) is 34.9. The molecule has 0 saturated carbocycles. The summed E-state index contributed by atoms with van der Waals surface area (Å²) in [6.45, 7) is -0.593. The number of halogens is 2. The van der Waals surface area contributed by atoms with Gasteiger partial charge in [0.1, 0.15) is 0 Å². The zero-order valence-electron chi connectivity index (χ0n) is 13.3. The Bertz CT molecular complexity index is 813. The number of anilines is 1. The average Bonchev–Trinajstić information content (AvgIpc) is 2.60. The highest BCUT2D eigenvalue weighted by molar-refractivity contribution is 7.99. The van der Waals surface area contributed by atoms with Crippen molar-refractivity contribution in [1.82, 2.24) is 0 Å². The molecule has 0 fully saturated rings. The van der Waals surface area contributed by atoms with E-state index in [4.69, 9.17) is 10.5 Å². The minimum absolute atomic E-state index is 0.0450. The van der Waals surface area contributed by atoms with E-state index < -0.39 is 30.1 Å². The molecule has 0 unspecified atom stereocenters. The normalized spacial score (nSPS) is 10.4. The van der Waals surface area contributed by atoms with Gasteiger partial charge >= 0.3 is 5.97 Å². The van der Waals surface area contributed by atoms with E-state index in [0.29, 0.717) is 5.69 Å². The van der Waals surface area contributed by atoms with Crippen molar-refractivity contribution in [3.63, 3.8) is 0 Å². The predicted octanol–water partition coefficient (Wildman–Crippen LogP) is 2.90. The number of hydrogen-bond acceptors (Lipinski definition) is 5. The standard InChI is InChI=1S/C17H14F2N2O4S/c18-17(19)26-13-4-2-1-3-12(13)16(24)25-9-14(22)21-11-7-5-10(6-8-11)15(20)23/h1-8,17H,9H2,(H2,20,23)(H,21,22). The zero-order chi connectivity index (χ0) is 19.1. The molecule has 2 aromatic rings. The van der Waals surface area contributed by atoms with Crippen molar-refractivity contribution in [3.8, 4) is 0 Å². The van der Waals surface area contributed by atoms with Crippen molar-refractivity contribution in [2.45, 2.75) is 10.7 Å². The van der Waals surface area contributed by atoms with Crippen molar-refractivity contribution in [3.05, 3.63) is 59.7 Å². The van der Waals surface area contributed by atoms with Crippen LogP contribution in [-0.2, 0) is 9.53 Å². The van der Waals surface area contributed by atoms with Crippen molar-refractivity contribution in [1.29, 1.82) is 0 Å². The molecule has 0 bridgehead atoms. The number of benzene rings is 2. The predicted molar refractivity (Wildman–Crippen MR) is 92.2 cm³/mol. The van der Waals surface area contributed by atoms with E-state index in [0.717, 1.165) is 0 Å². The Labute approximate surface area is 151 Å². The molecule has 0 heterocycles. The van der Waals surface area contributed by atoms with Gasteiger partial charge in [-0.25, -0.2) is 4.79 Å². The number of carbonyl (C=O) groups excluding carboxylic acids is 3. The lowest BCUT2D eigenvalue weighted by Crippen LogP contribution is -2.21. The number of nitrogens with two attached hydrogens (primary N) is 1. The van der Waals surface area contributed by atoms with Crippen molar-refractivity contribution < 1.29 is 27.9 Å². The third kappa shape index (κ3) is 5.55. The second-order valence-corrected chi connectivity index (χ2v) is 5.97. The maximum atomic E-state index is 12.5. The molecule has 136 valence electrons. The number of alkyl halides is 2. The number of nitrogens with one attached hydrogen (secondary N) is 1. The molecular weight excluding hydrogens is 366 g/mol. The Kier molecular flexibility index (Phi) is 6.67. The van der Waals surface area contributed by atoms with Crippen LogP contribution < -0.4 is 11.1 Å². The molecule has 2 aromatic carbocycles. The molecule has 9 heteroatoms. The van der Waals surface area contributed by atoms with Gasteiger partial charge < -0.3 is 15.8 Å². The molecule has 0 aliphatic heterocycles. The molecule has 0 radical (unpaired) electrons. The number of ether oxygens (including phenoxy) is 1. The van der Waals surface area contributed by atoms with Crippen LogP contribution in [0.1, 0.15) is 20.7 Å². The number of rotatable bonds is 7. The summed E-state index contributed by atoms with van der Waals surface area (Å²) in [5.41, 5.74) is 5.73. The topological polar surface area (TPSA) is 98.5 Å². The summed E-state index contributed by atoms with van der Waals surface area (Å²) in [5.74, 6) is -4.79. The fourth-order valence-corrected chi connectivity index (χ4v) is 2.59. The van der Waals surface area contributed by atoms with E-state index in [2.05, 4.69) is 5.32 Å². The van der Waals surface area contributed by atoms with E-state index in [1.165, 1.54) is 48.5 Å². The number of hydrogen-bond donors (Lipinski definition) is 2. The molecular formula is C17H14F2N2O4S. The molecule has 0 aromatic heterocycles. The van der Waals surface area contributed by atoms with E-state index >= 15 is 0 Å². The first-order valence-electron chi connectivity index (χ1n) is 7.27. The first-order valence-corrected chi connectivity index (χ1v) is 8.15. The van der Waals surface area contributed by atoms with Crippen LogP contribution in [0.2, 0.25) is 0 Å². The van der Waals surface area contributed by atoms with Gasteiger partial charge in [-0.05, 0) is 36.4 Å². The van der Waals surface area contributed by atoms with Crippen LogP contribution in [0.4, 0.5) is 14.5 Å². The third-order valence-electron chi connectivity index (χ3n) is 3.11. The monoisotopic (exact) mass is 380 g/mol. The molecule has 0 aliphatic carbocycles.